The van der Waals surface area contributed by atoms with Gasteiger partial charge in [0, 0.05) is 12.1 Å². The number of rotatable bonds is 3. The van der Waals surface area contributed by atoms with Gasteiger partial charge in [0.05, 0.1) is 11.0 Å². The van der Waals surface area contributed by atoms with Crippen LogP contribution in [0.2, 0.25) is 0 Å². The summed E-state index contributed by atoms with van der Waals surface area (Å²) in [6, 6.07) is 5.32. The number of carbonyl (C=O) groups is 1. The molecule has 3 N–H and O–H groups in total. The molecule has 1 atom stereocenters. The van der Waals surface area contributed by atoms with Crippen LogP contribution >= 0.6 is 0 Å². The van der Waals surface area contributed by atoms with Crippen LogP contribution in [-0.4, -0.2) is 15.9 Å². The lowest BCUT2D eigenvalue weighted by Crippen LogP contribution is -2.14. The van der Waals surface area contributed by atoms with E-state index in [9.17, 15) is 9.59 Å². The number of allylic oxidation sites excluding steroid dienone is 2. The summed E-state index contributed by atoms with van der Waals surface area (Å²) in [4.78, 5) is 28.4. The molecule has 1 aliphatic carbocycles. The maximum atomic E-state index is 11.9. The van der Waals surface area contributed by atoms with Crippen LogP contribution < -0.4 is 11.0 Å². The molecule has 1 amide bonds. The third-order valence-electron chi connectivity index (χ3n) is 3.36. The monoisotopic (exact) mass is 257 g/mol. The van der Waals surface area contributed by atoms with E-state index in [1.54, 1.807) is 18.2 Å². The van der Waals surface area contributed by atoms with Crippen molar-refractivity contribution in [3.05, 3.63) is 40.8 Å². The number of amides is 1. The van der Waals surface area contributed by atoms with Gasteiger partial charge in [-0.3, -0.25) is 4.79 Å². The van der Waals surface area contributed by atoms with Crippen molar-refractivity contribution >= 4 is 22.6 Å². The Balaban J connectivity index is 1.71. The quantitative estimate of drug-likeness (QED) is 0.737. The van der Waals surface area contributed by atoms with E-state index in [-0.39, 0.29) is 11.6 Å². The van der Waals surface area contributed by atoms with E-state index in [1.807, 2.05) is 0 Å². The molecule has 0 saturated carbocycles. The summed E-state index contributed by atoms with van der Waals surface area (Å²) in [6.45, 7) is 0. The Morgan fingerprint density at radius 1 is 1.32 bits per heavy atom. The van der Waals surface area contributed by atoms with Crippen LogP contribution in [0.1, 0.15) is 19.3 Å². The van der Waals surface area contributed by atoms with Crippen LogP contribution in [0.4, 0.5) is 5.69 Å². The van der Waals surface area contributed by atoms with E-state index in [0.29, 0.717) is 23.5 Å². The third kappa shape index (κ3) is 2.59. The Bertz CT molecular complexity index is 696. The Kier molecular flexibility index (Phi) is 2.95. The van der Waals surface area contributed by atoms with E-state index in [2.05, 4.69) is 27.4 Å². The largest absolute Gasteiger partial charge is 0.326 e. The van der Waals surface area contributed by atoms with Crippen LogP contribution in [0.15, 0.2) is 35.1 Å². The predicted molar refractivity (Wildman–Crippen MR) is 74.0 cm³/mol. The Labute approximate surface area is 109 Å². The lowest BCUT2D eigenvalue weighted by Gasteiger charge is -2.08. The molecule has 1 heterocycles. The summed E-state index contributed by atoms with van der Waals surface area (Å²) < 4.78 is 0. The van der Waals surface area contributed by atoms with E-state index in [1.165, 1.54) is 0 Å². The van der Waals surface area contributed by atoms with Crippen molar-refractivity contribution in [2.24, 2.45) is 5.92 Å². The van der Waals surface area contributed by atoms with Crippen LogP contribution in [0.25, 0.3) is 11.0 Å². The number of H-pyrrole nitrogens is 2. The first kappa shape index (κ1) is 11.8. The summed E-state index contributed by atoms with van der Waals surface area (Å²) in [5.41, 5.74) is 1.90. The molecule has 19 heavy (non-hydrogen) atoms. The normalized spacial score (nSPS) is 18.0. The number of hydrogen-bond acceptors (Lipinski definition) is 2. The van der Waals surface area contributed by atoms with Crippen molar-refractivity contribution in [3.63, 3.8) is 0 Å². The van der Waals surface area contributed by atoms with Crippen LogP contribution in [0.5, 0.6) is 0 Å². The highest BCUT2D eigenvalue weighted by Gasteiger charge is 2.14. The molecule has 5 heteroatoms. The molecular formula is C14H15N3O2. The third-order valence-corrected chi connectivity index (χ3v) is 3.36. The number of aromatic amines is 2. The van der Waals surface area contributed by atoms with Gasteiger partial charge in [-0.25, -0.2) is 4.79 Å². The number of imidazole rings is 1. The first-order valence-corrected chi connectivity index (χ1v) is 6.39. The molecule has 98 valence electrons. The fourth-order valence-corrected chi connectivity index (χ4v) is 2.43. The summed E-state index contributed by atoms with van der Waals surface area (Å²) in [7, 11) is 0. The maximum absolute atomic E-state index is 11.9. The van der Waals surface area contributed by atoms with Crippen molar-refractivity contribution < 1.29 is 4.79 Å². The van der Waals surface area contributed by atoms with Crippen molar-refractivity contribution in [2.45, 2.75) is 19.3 Å². The van der Waals surface area contributed by atoms with Crippen molar-refractivity contribution in [1.82, 2.24) is 9.97 Å². The molecule has 2 aromatic rings. The molecule has 0 bridgehead atoms. The molecular weight excluding hydrogens is 242 g/mol. The van der Waals surface area contributed by atoms with E-state index in [4.69, 9.17) is 0 Å². The molecule has 1 aromatic heterocycles. The minimum atomic E-state index is -0.241. The van der Waals surface area contributed by atoms with Crippen LogP contribution in [-0.2, 0) is 4.79 Å². The van der Waals surface area contributed by atoms with Gasteiger partial charge < -0.3 is 15.3 Å². The van der Waals surface area contributed by atoms with Gasteiger partial charge in [0.1, 0.15) is 0 Å². The summed E-state index contributed by atoms with van der Waals surface area (Å²) in [5.74, 6) is 0.365. The zero-order valence-corrected chi connectivity index (χ0v) is 10.4. The van der Waals surface area contributed by atoms with Gasteiger partial charge in [0.2, 0.25) is 5.91 Å². The number of benzene rings is 1. The minimum Gasteiger partial charge on any atom is -0.326 e. The van der Waals surface area contributed by atoms with Gasteiger partial charge in [-0.1, -0.05) is 12.2 Å². The molecule has 0 radical (unpaired) electrons. The SMILES string of the molecule is O=C(C[C@@H]1C=CCC1)Nc1ccc2[nH]c(=O)[nH]c2c1. The highest BCUT2D eigenvalue weighted by atomic mass is 16.1. The second-order valence-electron chi connectivity index (χ2n) is 4.86. The molecule has 0 fully saturated rings. The average Bonchev–Trinajstić information content (AvgIpc) is 2.96. The Morgan fingerprint density at radius 3 is 2.95 bits per heavy atom. The molecule has 0 aliphatic heterocycles. The van der Waals surface area contributed by atoms with Crippen LogP contribution in [0.3, 0.4) is 0 Å². The van der Waals surface area contributed by atoms with Gasteiger partial charge in [-0.05, 0) is 37.0 Å². The second-order valence-corrected chi connectivity index (χ2v) is 4.86. The minimum absolute atomic E-state index is 0.00813. The smallest absolute Gasteiger partial charge is 0.323 e. The van der Waals surface area contributed by atoms with Crippen molar-refractivity contribution in [3.8, 4) is 0 Å². The highest BCUT2D eigenvalue weighted by Crippen LogP contribution is 2.21. The summed E-state index contributed by atoms with van der Waals surface area (Å²) in [5, 5.41) is 2.86. The highest BCUT2D eigenvalue weighted by molar-refractivity contribution is 5.93. The number of anilines is 1. The van der Waals surface area contributed by atoms with E-state index >= 15 is 0 Å². The standard InChI is InChI=1S/C14H15N3O2/c18-13(7-9-3-1-2-4-9)15-10-5-6-11-12(8-10)17-14(19)16-11/h1,3,5-6,8-9H,2,4,7H2,(H,15,18)(H2,16,17,19)/t9-/m1/s1. The van der Waals surface area contributed by atoms with E-state index in [0.717, 1.165) is 18.4 Å². The number of fused-ring (bicyclic) bond motifs is 1. The zero-order chi connectivity index (χ0) is 13.2. The molecule has 0 unspecified atom stereocenters. The fraction of sp³-hybridized carbons (Fsp3) is 0.286. The van der Waals surface area contributed by atoms with Gasteiger partial charge in [0.25, 0.3) is 0 Å². The molecule has 1 aromatic carbocycles. The Hall–Kier alpha value is -2.30. The predicted octanol–water partition coefficient (Wildman–Crippen LogP) is 2.15. The second kappa shape index (κ2) is 4.76. The maximum Gasteiger partial charge on any atom is 0.323 e. The molecule has 0 spiro atoms. The summed E-state index contributed by atoms with van der Waals surface area (Å²) in [6.07, 6.45) is 6.85. The molecule has 0 saturated heterocycles. The Morgan fingerprint density at radius 2 is 2.16 bits per heavy atom. The van der Waals surface area contributed by atoms with Gasteiger partial charge in [-0.2, -0.15) is 0 Å². The average molecular weight is 257 g/mol. The summed E-state index contributed by atoms with van der Waals surface area (Å²) >= 11 is 0. The van der Waals surface area contributed by atoms with Gasteiger partial charge in [-0.15, -0.1) is 0 Å². The first-order valence-electron chi connectivity index (χ1n) is 6.39. The fourth-order valence-electron chi connectivity index (χ4n) is 2.43. The number of aromatic nitrogens is 2. The zero-order valence-electron chi connectivity index (χ0n) is 10.4. The lowest BCUT2D eigenvalue weighted by molar-refractivity contribution is -0.116. The number of nitrogens with one attached hydrogen (secondary N) is 3. The topological polar surface area (TPSA) is 77.8 Å². The van der Waals surface area contributed by atoms with Gasteiger partial charge >= 0.3 is 5.69 Å². The first-order chi connectivity index (χ1) is 9.20. The van der Waals surface area contributed by atoms with E-state index < -0.39 is 0 Å². The van der Waals surface area contributed by atoms with Crippen molar-refractivity contribution in [1.29, 1.82) is 0 Å². The molecule has 5 nitrogen and oxygen atoms in total. The lowest BCUT2D eigenvalue weighted by atomic mass is 10.1. The van der Waals surface area contributed by atoms with Crippen molar-refractivity contribution in [2.75, 3.05) is 5.32 Å². The molecule has 1 aliphatic rings. The molecule has 3 rings (SSSR count). The van der Waals surface area contributed by atoms with Gasteiger partial charge in [0.15, 0.2) is 0 Å². The number of carbonyl (C=O) groups excluding carboxylic acids is 1. The van der Waals surface area contributed by atoms with Crippen LogP contribution in [0, 0.1) is 5.92 Å². The number of hydrogen-bond donors (Lipinski definition) is 3.